The second-order valence-corrected chi connectivity index (χ2v) is 6.15. The Balaban J connectivity index is 2.07. The fourth-order valence-electron chi connectivity index (χ4n) is 2.84. The maximum atomic E-state index is 3.98. The van der Waals surface area contributed by atoms with E-state index in [0.29, 0.717) is 12.0 Å². The summed E-state index contributed by atoms with van der Waals surface area (Å²) < 4.78 is 1.07. The summed E-state index contributed by atoms with van der Waals surface area (Å²) >= 11 is 0. The molecule has 1 aromatic rings. The third-order valence-corrected chi connectivity index (χ3v) is 3.52. The van der Waals surface area contributed by atoms with Crippen molar-refractivity contribution in [3.63, 3.8) is 0 Å². The van der Waals surface area contributed by atoms with Gasteiger partial charge in [-0.05, 0) is 0 Å². The number of likely N-dealkylation sites (tertiary alicyclic amines) is 1. The Labute approximate surface area is 103 Å². The summed E-state index contributed by atoms with van der Waals surface area (Å²) in [5.74, 6) is 0.574. The molecule has 2 radical (unpaired) electrons. The number of quaternary nitrogens is 1. The predicted molar refractivity (Wildman–Crippen MR) is 65.2 cm³/mol. The Morgan fingerprint density at radius 3 is 2.53 bits per heavy atom. The van der Waals surface area contributed by atoms with E-state index in [4.69, 9.17) is 0 Å². The highest BCUT2D eigenvalue weighted by molar-refractivity contribution is 5.24. The molecule has 17 heavy (non-hydrogen) atoms. The normalized spacial score (nSPS) is 26.5. The molecule has 1 unspecified atom stereocenters. The molecular formula is C12H20N5+. The van der Waals surface area contributed by atoms with Gasteiger partial charge < -0.3 is 9.80 Å². The van der Waals surface area contributed by atoms with E-state index in [2.05, 4.69) is 60.9 Å². The quantitative estimate of drug-likeness (QED) is 0.768. The number of anilines is 1. The molecule has 2 rings (SSSR count). The number of aromatic nitrogens is 3. The summed E-state index contributed by atoms with van der Waals surface area (Å²) in [5, 5.41) is 3.37. The largest absolute Gasteiger partial charge is 0.350 e. The van der Waals surface area contributed by atoms with Gasteiger partial charge in [0.25, 0.3) is 0 Å². The monoisotopic (exact) mass is 234 g/mol. The van der Waals surface area contributed by atoms with E-state index in [0.717, 1.165) is 17.4 Å². The summed E-state index contributed by atoms with van der Waals surface area (Å²) in [7, 11) is 4.56. The lowest BCUT2D eigenvalue weighted by atomic mass is 9.78. The molecule has 1 aliphatic heterocycles. The van der Waals surface area contributed by atoms with E-state index in [1.807, 2.05) is 0 Å². The average molecular weight is 234 g/mol. The zero-order valence-corrected chi connectivity index (χ0v) is 11.0. The van der Waals surface area contributed by atoms with Crippen molar-refractivity contribution in [3.05, 3.63) is 12.7 Å². The minimum Gasteiger partial charge on any atom is -0.350 e. The first-order chi connectivity index (χ1) is 7.89. The summed E-state index contributed by atoms with van der Waals surface area (Å²) in [6, 6.07) is 0.387. The molecule has 2 heterocycles. The van der Waals surface area contributed by atoms with Crippen LogP contribution in [0.15, 0.2) is 0 Å². The third kappa shape index (κ3) is 2.91. The van der Waals surface area contributed by atoms with Crippen LogP contribution in [0, 0.1) is 18.1 Å². The van der Waals surface area contributed by atoms with Crippen molar-refractivity contribution >= 4 is 5.95 Å². The smallest absolute Gasteiger partial charge is 0.227 e. The lowest BCUT2D eigenvalue weighted by Crippen LogP contribution is -2.58. The number of hydrogen-bond donors (Lipinski definition) is 1. The zero-order valence-electron chi connectivity index (χ0n) is 11.0. The lowest BCUT2D eigenvalue weighted by Gasteiger charge is -2.47. The van der Waals surface area contributed by atoms with E-state index in [-0.39, 0.29) is 5.41 Å². The summed E-state index contributed by atoms with van der Waals surface area (Å²) in [4.78, 5) is 11.5. The zero-order chi connectivity index (χ0) is 12.5. The molecule has 1 aliphatic rings. The maximum absolute atomic E-state index is 3.98. The Kier molecular flexibility index (Phi) is 3.03. The number of rotatable bonds is 2. The van der Waals surface area contributed by atoms with Crippen LogP contribution in [-0.2, 0) is 0 Å². The Morgan fingerprint density at radius 1 is 1.29 bits per heavy atom. The molecule has 5 nitrogen and oxygen atoms in total. The number of nitrogens with zero attached hydrogens (tertiary/aromatic N) is 4. The third-order valence-electron chi connectivity index (χ3n) is 3.52. The molecular weight excluding hydrogens is 214 g/mol. The number of piperidine rings is 1. The van der Waals surface area contributed by atoms with E-state index >= 15 is 0 Å². The van der Waals surface area contributed by atoms with Gasteiger partial charge in [0.15, 0.2) is 0 Å². The molecule has 0 aromatic carbocycles. The van der Waals surface area contributed by atoms with Crippen molar-refractivity contribution < 1.29 is 4.48 Å². The van der Waals surface area contributed by atoms with Gasteiger partial charge in [-0.2, -0.15) is 9.97 Å². The molecule has 0 saturated carbocycles. The Morgan fingerprint density at radius 2 is 1.94 bits per heavy atom. The molecule has 1 aromatic heterocycles. The molecule has 0 spiro atoms. The van der Waals surface area contributed by atoms with Gasteiger partial charge >= 0.3 is 0 Å². The molecule has 0 aliphatic carbocycles. The van der Waals surface area contributed by atoms with Crippen LogP contribution in [0.1, 0.15) is 20.3 Å². The van der Waals surface area contributed by atoms with Gasteiger partial charge in [0.2, 0.25) is 18.6 Å². The van der Waals surface area contributed by atoms with E-state index in [1.165, 1.54) is 6.54 Å². The van der Waals surface area contributed by atoms with Gasteiger partial charge in [-0.3, -0.25) is 0 Å². The summed E-state index contributed by atoms with van der Waals surface area (Å²) in [5.41, 5.74) is 0.217. The first-order valence-corrected chi connectivity index (χ1v) is 5.96. The predicted octanol–water partition coefficient (Wildman–Crippen LogP) is 0.759. The van der Waals surface area contributed by atoms with E-state index in [9.17, 15) is 0 Å². The van der Waals surface area contributed by atoms with E-state index < -0.39 is 0 Å². The lowest BCUT2D eigenvalue weighted by molar-refractivity contribution is -0.902. The van der Waals surface area contributed by atoms with Gasteiger partial charge in [-0.25, -0.2) is 4.98 Å². The topological polar surface area (TPSA) is 50.7 Å². The van der Waals surface area contributed by atoms with Crippen LogP contribution in [0.4, 0.5) is 5.95 Å². The van der Waals surface area contributed by atoms with Crippen molar-refractivity contribution in [3.8, 4) is 0 Å². The molecule has 5 heteroatoms. The van der Waals surface area contributed by atoms with Crippen molar-refractivity contribution in [1.82, 2.24) is 15.0 Å². The number of hydrogen-bond acceptors (Lipinski definition) is 4. The van der Waals surface area contributed by atoms with Crippen molar-refractivity contribution in [1.29, 1.82) is 0 Å². The minimum atomic E-state index is 0.217. The second kappa shape index (κ2) is 4.22. The summed E-state index contributed by atoms with van der Waals surface area (Å²) in [6.07, 6.45) is 6.14. The highest BCUT2D eigenvalue weighted by atomic mass is 15.3. The van der Waals surface area contributed by atoms with Gasteiger partial charge in [0.05, 0.1) is 27.2 Å². The van der Waals surface area contributed by atoms with E-state index in [1.54, 1.807) is 0 Å². The first-order valence-electron chi connectivity index (χ1n) is 5.96. The van der Waals surface area contributed by atoms with Crippen LogP contribution < -0.4 is 5.32 Å². The summed E-state index contributed by atoms with van der Waals surface area (Å²) in [6.45, 7) is 6.89. The maximum Gasteiger partial charge on any atom is 0.227 e. The van der Waals surface area contributed by atoms with Crippen LogP contribution in [0.5, 0.6) is 0 Å². The van der Waals surface area contributed by atoms with Crippen LogP contribution >= 0.6 is 0 Å². The van der Waals surface area contributed by atoms with Gasteiger partial charge in [-0.15, -0.1) is 0 Å². The Hall–Kier alpha value is -1.23. The van der Waals surface area contributed by atoms with Crippen LogP contribution in [0.2, 0.25) is 0 Å². The van der Waals surface area contributed by atoms with Gasteiger partial charge in [0, 0.05) is 17.9 Å². The molecule has 1 atom stereocenters. The molecule has 0 bridgehead atoms. The standard InChI is InChI=1S/C12H20N5/c1-12(2)7-17(3,4)6-5-10(12)16-11-14-8-13-9-15-11/h10H,5-7H2,1-4H3,(H,13,14,15,16)/q+1. The number of nitrogens with one attached hydrogen (secondary N) is 1. The highest BCUT2D eigenvalue weighted by Crippen LogP contribution is 2.32. The van der Waals surface area contributed by atoms with Crippen molar-refractivity contribution in [2.24, 2.45) is 5.41 Å². The molecule has 1 saturated heterocycles. The Bertz CT molecular complexity index is 374. The van der Waals surface area contributed by atoms with Crippen LogP contribution in [0.25, 0.3) is 0 Å². The van der Waals surface area contributed by atoms with Crippen LogP contribution in [0.3, 0.4) is 0 Å². The molecule has 1 N–H and O–H groups in total. The minimum absolute atomic E-state index is 0.217. The fraction of sp³-hybridized carbons (Fsp3) is 0.750. The van der Waals surface area contributed by atoms with Crippen LogP contribution in [-0.4, -0.2) is 52.7 Å². The molecule has 0 amide bonds. The molecule has 92 valence electrons. The van der Waals surface area contributed by atoms with Crippen molar-refractivity contribution in [2.75, 3.05) is 32.5 Å². The second-order valence-electron chi connectivity index (χ2n) is 6.15. The first kappa shape index (κ1) is 12.2. The van der Waals surface area contributed by atoms with Crippen molar-refractivity contribution in [2.45, 2.75) is 26.3 Å². The fourth-order valence-corrected chi connectivity index (χ4v) is 2.84. The average Bonchev–Trinajstić information content (AvgIpc) is 2.22. The SMILES string of the molecule is CC1(C)C[N+](C)(C)CCC1Nc1n[c]n[c]n1. The molecule has 1 fully saturated rings. The van der Waals surface area contributed by atoms with Gasteiger partial charge in [0.1, 0.15) is 0 Å². The highest BCUT2D eigenvalue weighted by Gasteiger charge is 2.41. The van der Waals surface area contributed by atoms with Gasteiger partial charge in [-0.1, -0.05) is 13.8 Å².